The molecular weight excluding hydrogens is 420 g/mol. The van der Waals surface area contributed by atoms with Crippen molar-refractivity contribution in [1.82, 2.24) is 10.3 Å². The van der Waals surface area contributed by atoms with Crippen molar-refractivity contribution in [3.05, 3.63) is 78.5 Å². The number of carboxylic acid groups (broad SMARTS) is 1. The maximum Gasteiger partial charge on any atom is 0.251 e. The van der Waals surface area contributed by atoms with Crippen molar-refractivity contribution in [2.24, 2.45) is 0 Å². The Balaban J connectivity index is 1.42. The predicted octanol–water partition coefficient (Wildman–Crippen LogP) is 2.35. The molecule has 1 aromatic heterocycles. The first-order valence-electron chi connectivity index (χ1n) is 10.9. The van der Waals surface area contributed by atoms with Crippen LogP contribution in [-0.4, -0.2) is 42.6 Å². The van der Waals surface area contributed by atoms with Gasteiger partial charge in [-0.2, -0.15) is 0 Å². The van der Waals surface area contributed by atoms with E-state index in [2.05, 4.69) is 15.6 Å². The van der Waals surface area contributed by atoms with Crippen molar-refractivity contribution < 1.29 is 19.4 Å². The first-order chi connectivity index (χ1) is 16.1. The van der Waals surface area contributed by atoms with Gasteiger partial charge in [0.15, 0.2) is 0 Å². The summed E-state index contributed by atoms with van der Waals surface area (Å²) in [5.74, 6) is -0.00512. The number of benzene rings is 2. The van der Waals surface area contributed by atoms with Crippen LogP contribution in [0.5, 0.6) is 5.75 Å². The number of anilines is 3. The van der Waals surface area contributed by atoms with Crippen molar-refractivity contribution in [1.29, 1.82) is 0 Å². The van der Waals surface area contributed by atoms with Gasteiger partial charge in [0.05, 0.1) is 12.2 Å². The molecule has 0 bridgehead atoms. The van der Waals surface area contributed by atoms with Crippen LogP contribution in [0.25, 0.3) is 0 Å². The Bertz CT molecular complexity index is 1090. The topological polar surface area (TPSA) is 107 Å². The number of ether oxygens (including phenoxy) is 1. The number of carbonyl (C=O) groups is 2. The van der Waals surface area contributed by atoms with Gasteiger partial charge in [-0.25, -0.2) is 4.98 Å². The predicted molar refractivity (Wildman–Crippen MR) is 124 cm³/mol. The highest BCUT2D eigenvalue weighted by molar-refractivity contribution is 5.96. The lowest BCUT2D eigenvalue weighted by atomic mass is 10.1. The van der Waals surface area contributed by atoms with Crippen molar-refractivity contribution in [3.8, 4) is 5.75 Å². The zero-order valence-corrected chi connectivity index (χ0v) is 18.1. The smallest absolute Gasteiger partial charge is 0.251 e. The Hall–Kier alpha value is -4.07. The average molecular weight is 445 g/mol. The third-order valence-corrected chi connectivity index (χ3v) is 5.26. The van der Waals surface area contributed by atoms with Gasteiger partial charge in [-0.3, -0.25) is 4.79 Å². The first-order valence-corrected chi connectivity index (χ1v) is 10.9. The lowest BCUT2D eigenvalue weighted by Gasteiger charge is -2.36. The van der Waals surface area contributed by atoms with E-state index in [1.54, 1.807) is 24.4 Å². The highest BCUT2D eigenvalue weighted by atomic mass is 16.5. The van der Waals surface area contributed by atoms with Crippen molar-refractivity contribution >= 4 is 29.1 Å². The van der Waals surface area contributed by atoms with Crippen molar-refractivity contribution in [2.75, 3.05) is 29.9 Å². The van der Waals surface area contributed by atoms with E-state index in [1.165, 1.54) is 0 Å². The molecule has 170 valence electrons. The molecular formula is C25H25N4O4-. The summed E-state index contributed by atoms with van der Waals surface area (Å²) in [6.45, 7) is 1.55. The Morgan fingerprint density at radius 1 is 1.06 bits per heavy atom. The van der Waals surface area contributed by atoms with Gasteiger partial charge in [-0.15, -0.1) is 0 Å². The summed E-state index contributed by atoms with van der Waals surface area (Å²) in [5, 5.41) is 17.3. The summed E-state index contributed by atoms with van der Waals surface area (Å²) in [4.78, 5) is 30.0. The van der Waals surface area contributed by atoms with Crippen LogP contribution in [0.15, 0.2) is 72.9 Å². The fourth-order valence-electron chi connectivity index (χ4n) is 3.71. The van der Waals surface area contributed by atoms with Gasteiger partial charge in [0.2, 0.25) is 0 Å². The quantitative estimate of drug-likeness (QED) is 0.487. The second-order valence-corrected chi connectivity index (χ2v) is 7.70. The third kappa shape index (κ3) is 5.79. The van der Waals surface area contributed by atoms with E-state index in [9.17, 15) is 14.7 Å². The number of hydrogen-bond acceptors (Lipinski definition) is 7. The molecule has 33 heavy (non-hydrogen) atoms. The van der Waals surface area contributed by atoms with Crippen LogP contribution in [0.1, 0.15) is 23.2 Å². The minimum Gasteiger partial charge on any atom is -0.550 e. The lowest BCUT2D eigenvalue weighted by molar-refractivity contribution is -0.307. The number of pyridine rings is 1. The summed E-state index contributed by atoms with van der Waals surface area (Å²) in [6, 6.07) is 20.4. The molecule has 1 amide bonds. The highest BCUT2D eigenvalue weighted by Gasteiger charge is 2.27. The van der Waals surface area contributed by atoms with E-state index in [0.717, 1.165) is 23.6 Å². The second-order valence-electron chi connectivity index (χ2n) is 7.70. The normalized spacial score (nSPS) is 14.7. The van der Waals surface area contributed by atoms with E-state index < -0.39 is 12.1 Å². The van der Waals surface area contributed by atoms with Gasteiger partial charge in [-0.1, -0.05) is 24.3 Å². The standard InChI is InChI=1S/C25H26N4O4/c30-24(31)16-20-17-29(19-7-2-1-3-8-19)21-15-18(10-11-22(21)33-20)25(32)28-14-6-13-27-23-9-4-5-12-26-23/h1-5,7-12,15,20H,6,13-14,16-17H2,(H,26,27)(H,28,32)(H,30,31)/p-1. The van der Waals surface area contributed by atoms with Crippen LogP contribution in [0.3, 0.4) is 0 Å². The average Bonchev–Trinajstić information content (AvgIpc) is 2.84. The fraction of sp³-hybridized carbons (Fsp3) is 0.240. The van der Waals surface area contributed by atoms with Gasteiger partial charge in [0.1, 0.15) is 17.7 Å². The van der Waals surface area contributed by atoms with E-state index in [-0.39, 0.29) is 12.3 Å². The molecule has 0 radical (unpaired) electrons. The fourth-order valence-corrected chi connectivity index (χ4v) is 3.71. The zero-order chi connectivity index (χ0) is 23.0. The number of carboxylic acids is 1. The molecule has 0 saturated heterocycles. The number of aliphatic carboxylic acids is 1. The molecule has 0 aliphatic carbocycles. The van der Waals surface area contributed by atoms with Crippen LogP contribution in [0.2, 0.25) is 0 Å². The third-order valence-electron chi connectivity index (χ3n) is 5.26. The molecule has 2 heterocycles. The highest BCUT2D eigenvalue weighted by Crippen LogP contribution is 2.39. The van der Waals surface area contributed by atoms with Gasteiger partial charge < -0.3 is 30.2 Å². The lowest BCUT2D eigenvalue weighted by Crippen LogP contribution is -2.41. The number of amides is 1. The van der Waals surface area contributed by atoms with Crippen LogP contribution in [0, 0.1) is 0 Å². The number of carbonyl (C=O) groups excluding carboxylic acids is 2. The van der Waals surface area contributed by atoms with Crippen LogP contribution in [-0.2, 0) is 4.79 Å². The van der Waals surface area contributed by atoms with Gasteiger partial charge in [0.25, 0.3) is 5.91 Å². The molecule has 2 aromatic carbocycles. The zero-order valence-electron chi connectivity index (χ0n) is 18.1. The summed E-state index contributed by atoms with van der Waals surface area (Å²) >= 11 is 0. The SMILES string of the molecule is O=C([O-])CC1CN(c2ccccc2)c2cc(C(=O)NCCCNc3ccccn3)ccc2O1. The molecule has 1 aliphatic rings. The molecule has 0 fully saturated rings. The number of rotatable bonds is 9. The number of hydrogen-bond donors (Lipinski definition) is 2. The van der Waals surface area contributed by atoms with E-state index in [0.29, 0.717) is 30.9 Å². The molecule has 0 spiro atoms. The number of nitrogens with zero attached hydrogens (tertiary/aromatic N) is 2. The van der Waals surface area contributed by atoms with Gasteiger partial charge in [0, 0.05) is 42.9 Å². The maximum absolute atomic E-state index is 12.7. The molecule has 8 nitrogen and oxygen atoms in total. The molecule has 2 N–H and O–H groups in total. The Morgan fingerprint density at radius 2 is 1.88 bits per heavy atom. The molecule has 3 aromatic rings. The minimum absolute atomic E-state index is 0.180. The number of para-hydroxylation sites is 1. The molecule has 8 heteroatoms. The van der Waals surface area contributed by atoms with Crippen molar-refractivity contribution in [2.45, 2.75) is 18.9 Å². The van der Waals surface area contributed by atoms with Crippen LogP contribution < -0.4 is 25.4 Å². The second kappa shape index (κ2) is 10.5. The summed E-state index contributed by atoms with van der Waals surface area (Å²) in [5.41, 5.74) is 2.12. The molecule has 1 aliphatic heterocycles. The monoisotopic (exact) mass is 445 g/mol. The van der Waals surface area contributed by atoms with E-state index in [4.69, 9.17) is 4.74 Å². The van der Waals surface area contributed by atoms with Crippen LogP contribution >= 0.6 is 0 Å². The van der Waals surface area contributed by atoms with E-state index >= 15 is 0 Å². The molecule has 0 saturated carbocycles. The molecule has 4 rings (SSSR count). The van der Waals surface area contributed by atoms with Gasteiger partial charge >= 0.3 is 0 Å². The van der Waals surface area contributed by atoms with Crippen molar-refractivity contribution in [3.63, 3.8) is 0 Å². The summed E-state index contributed by atoms with van der Waals surface area (Å²) in [6.07, 6.45) is 1.72. The number of nitrogens with one attached hydrogen (secondary N) is 2. The summed E-state index contributed by atoms with van der Waals surface area (Å²) < 4.78 is 5.88. The molecule has 1 atom stereocenters. The van der Waals surface area contributed by atoms with Crippen LogP contribution in [0.4, 0.5) is 17.2 Å². The molecule has 1 unspecified atom stereocenters. The minimum atomic E-state index is -1.16. The van der Waals surface area contributed by atoms with E-state index in [1.807, 2.05) is 53.4 Å². The summed E-state index contributed by atoms with van der Waals surface area (Å²) in [7, 11) is 0. The number of aromatic nitrogens is 1. The Kier molecular flexibility index (Phi) is 7.04. The number of fused-ring (bicyclic) bond motifs is 1. The first kappa shape index (κ1) is 22.1. The largest absolute Gasteiger partial charge is 0.550 e. The Morgan fingerprint density at radius 3 is 2.64 bits per heavy atom. The van der Waals surface area contributed by atoms with Gasteiger partial charge in [-0.05, 0) is 48.9 Å². The maximum atomic E-state index is 12.7. The Labute approximate surface area is 192 Å².